The fourth-order valence-electron chi connectivity index (χ4n) is 1.33. The van der Waals surface area contributed by atoms with Gasteiger partial charge < -0.3 is 5.32 Å². The third-order valence-corrected chi connectivity index (χ3v) is 2.33. The van der Waals surface area contributed by atoms with Crippen molar-refractivity contribution in [3.8, 4) is 0 Å². The van der Waals surface area contributed by atoms with Gasteiger partial charge in [-0.3, -0.25) is 0 Å². The predicted molar refractivity (Wildman–Crippen MR) is 53.9 cm³/mol. The summed E-state index contributed by atoms with van der Waals surface area (Å²) in [6.45, 7) is 1.95. The highest BCUT2D eigenvalue weighted by molar-refractivity contribution is 5.06. The molecule has 1 aromatic rings. The van der Waals surface area contributed by atoms with Crippen LogP contribution in [0.2, 0.25) is 0 Å². The molecule has 0 aliphatic rings. The van der Waals surface area contributed by atoms with E-state index in [1.807, 2.05) is 6.92 Å². The molecule has 3 nitrogen and oxygen atoms in total. The van der Waals surface area contributed by atoms with Crippen LogP contribution in [0.15, 0.2) is 12.3 Å². The summed E-state index contributed by atoms with van der Waals surface area (Å²) in [7, 11) is 1.77. The molecule has 0 aliphatic carbocycles. The number of rotatable bonds is 4. The Morgan fingerprint density at radius 3 is 2.62 bits per heavy atom. The minimum Gasteiger partial charge on any atom is -0.317 e. The molecule has 0 fully saturated rings. The number of halogens is 3. The minimum atomic E-state index is -4.40. The number of hydrogen-bond donors (Lipinski definition) is 1. The van der Waals surface area contributed by atoms with E-state index in [-0.39, 0.29) is 11.9 Å². The van der Waals surface area contributed by atoms with Crippen LogP contribution in [0.1, 0.15) is 24.9 Å². The van der Waals surface area contributed by atoms with E-state index < -0.39 is 11.9 Å². The highest BCUT2D eigenvalue weighted by atomic mass is 19.4. The first-order chi connectivity index (χ1) is 7.47. The van der Waals surface area contributed by atoms with Gasteiger partial charge in [-0.2, -0.15) is 13.2 Å². The Bertz CT molecular complexity index is 334. The van der Waals surface area contributed by atoms with Gasteiger partial charge in [0.2, 0.25) is 0 Å². The van der Waals surface area contributed by atoms with Crippen molar-refractivity contribution in [1.82, 2.24) is 15.3 Å². The molecule has 0 aromatic carbocycles. The molecule has 0 radical (unpaired) electrons. The van der Waals surface area contributed by atoms with Crippen molar-refractivity contribution in [3.63, 3.8) is 0 Å². The number of nitrogens with one attached hydrogen (secondary N) is 1. The van der Waals surface area contributed by atoms with Crippen LogP contribution in [-0.2, 0) is 12.6 Å². The van der Waals surface area contributed by atoms with Crippen LogP contribution in [0.5, 0.6) is 0 Å². The molecule has 1 unspecified atom stereocenters. The Morgan fingerprint density at radius 2 is 2.12 bits per heavy atom. The monoisotopic (exact) mass is 233 g/mol. The van der Waals surface area contributed by atoms with Crippen molar-refractivity contribution in [3.05, 3.63) is 23.8 Å². The number of nitrogens with zero attached hydrogens (tertiary/aromatic N) is 2. The van der Waals surface area contributed by atoms with Crippen LogP contribution in [0.4, 0.5) is 13.2 Å². The summed E-state index contributed by atoms with van der Waals surface area (Å²) in [6.07, 6.45) is -2.04. The second-order valence-corrected chi connectivity index (χ2v) is 3.45. The number of likely N-dealkylation sites (N-methyl/N-ethyl adjacent to an activating group) is 1. The molecule has 1 atom stereocenters. The summed E-state index contributed by atoms with van der Waals surface area (Å²) < 4.78 is 37.1. The molecule has 0 amide bonds. The molecule has 1 N–H and O–H groups in total. The third-order valence-electron chi connectivity index (χ3n) is 2.33. The summed E-state index contributed by atoms with van der Waals surface area (Å²) in [6, 6.07) is 0.979. The average molecular weight is 233 g/mol. The summed E-state index contributed by atoms with van der Waals surface area (Å²) in [4.78, 5) is 7.34. The van der Waals surface area contributed by atoms with Gasteiger partial charge in [0, 0.05) is 18.7 Å². The lowest BCUT2D eigenvalue weighted by Gasteiger charge is -2.13. The fourth-order valence-corrected chi connectivity index (χ4v) is 1.33. The SMILES string of the molecule is CCC(Cc1nccc(C(F)(F)F)n1)NC. The van der Waals surface area contributed by atoms with Crippen LogP contribution in [0.25, 0.3) is 0 Å². The molecule has 0 spiro atoms. The topological polar surface area (TPSA) is 37.8 Å². The molecule has 0 saturated heterocycles. The van der Waals surface area contributed by atoms with Gasteiger partial charge in [0.05, 0.1) is 0 Å². The summed E-state index contributed by atoms with van der Waals surface area (Å²) in [5.41, 5.74) is -0.886. The Labute approximate surface area is 92.1 Å². The number of hydrogen-bond acceptors (Lipinski definition) is 3. The van der Waals surface area contributed by atoms with Gasteiger partial charge in [-0.25, -0.2) is 9.97 Å². The van der Waals surface area contributed by atoms with Crippen molar-refractivity contribution in [2.75, 3.05) is 7.05 Å². The Hall–Kier alpha value is -1.17. The largest absolute Gasteiger partial charge is 0.433 e. The van der Waals surface area contributed by atoms with Crippen molar-refractivity contribution >= 4 is 0 Å². The lowest BCUT2D eigenvalue weighted by Crippen LogP contribution is -2.27. The van der Waals surface area contributed by atoms with Gasteiger partial charge >= 0.3 is 6.18 Å². The molecule has 0 aliphatic heterocycles. The van der Waals surface area contributed by atoms with E-state index in [4.69, 9.17) is 0 Å². The zero-order valence-corrected chi connectivity index (χ0v) is 9.17. The second-order valence-electron chi connectivity index (χ2n) is 3.45. The maximum atomic E-state index is 12.4. The van der Waals surface area contributed by atoms with Crippen molar-refractivity contribution in [1.29, 1.82) is 0 Å². The maximum absolute atomic E-state index is 12.4. The standard InChI is InChI=1S/C10H14F3N3/c1-3-7(14-2)6-9-15-5-4-8(16-9)10(11,12)13/h4-5,7,14H,3,6H2,1-2H3. The van der Waals surface area contributed by atoms with Gasteiger partial charge in [-0.1, -0.05) is 6.92 Å². The van der Waals surface area contributed by atoms with Gasteiger partial charge in [0.25, 0.3) is 0 Å². The molecule has 90 valence electrons. The summed E-state index contributed by atoms with van der Waals surface area (Å²) in [5, 5.41) is 3.00. The smallest absolute Gasteiger partial charge is 0.317 e. The minimum absolute atomic E-state index is 0.100. The van der Waals surface area contributed by atoms with E-state index in [1.165, 1.54) is 0 Å². The fraction of sp³-hybridized carbons (Fsp3) is 0.600. The Kier molecular flexibility index (Phi) is 4.23. The summed E-state index contributed by atoms with van der Waals surface area (Å²) >= 11 is 0. The van der Waals surface area contributed by atoms with E-state index in [9.17, 15) is 13.2 Å². The number of alkyl halides is 3. The van der Waals surface area contributed by atoms with Crippen LogP contribution in [-0.4, -0.2) is 23.1 Å². The first kappa shape index (κ1) is 12.9. The zero-order chi connectivity index (χ0) is 12.2. The zero-order valence-electron chi connectivity index (χ0n) is 9.17. The van der Waals surface area contributed by atoms with Crippen molar-refractivity contribution in [2.24, 2.45) is 0 Å². The molecular formula is C10H14F3N3. The molecule has 16 heavy (non-hydrogen) atoms. The summed E-state index contributed by atoms with van der Waals surface area (Å²) in [5.74, 6) is 0.219. The van der Waals surface area contributed by atoms with Crippen LogP contribution < -0.4 is 5.32 Å². The second kappa shape index (κ2) is 5.25. The first-order valence-corrected chi connectivity index (χ1v) is 5.03. The molecule has 0 saturated carbocycles. The Morgan fingerprint density at radius 1 is 1.44 bits per heavy atom. The van der Waals surface area contributed by atoms with E-state index in [0.717, 1.165) is 18.7 Å². The molecule has 1 heterocycles. The molecule has 1 rings (SSSR count). The van der Waals surface area contributed by atoms with Gasteiger partial charge in [-0.05, 0) is 19.5 Å². The molecule has 6 heteroatoms. The highest BCUT2D eigenvalue weighted by Crippen LogP contribution is 2.27. The third kappa shape index (κ3) is 3.44. The number of aromatic nitrogens is 2. The van der Waals surface area contributed by atoms with Crippen LogP contribution in [0, 0.1) is 0 Å². The lowest BCUT2D eigenvalue weighted by molar-refractivity contribution is -0.141. The Balaban J connectivity index is 2.82. The van der Waals surface area contributed by atoms with Crippen LogP contribution >= 0.6 is 0 Å². The van der Waals surface area contributed by atoms with Gasteiger partial charge in [0.15, 0.2) is 0 Å². The average Bonchev–Trinajstić information content (AvgIpc) is 2.25. The maximum Gasteiger partial charge on any atom is 0.433 e. The van der Waals surface area contributed by atoms with E-state index in [0.29, 0.717) is 6.42 Å². The first-order valence-electron chi connectivity index (χ1n) is 5.03. The van der Waals surface area contributed by atoms with E-state index in [1.54, 1.807) is 7.05 Å². The lowest BCUT2D eigenvalue weighted by atomic mass is 10.1. The van der Waals surface area contributed by atoms with Crippen molar-refractivity contribution < 1.29 is 13.2 Å². The van der Waals surface area contributed by atoms with Gasteiger partial charge in [-0.15, -0.1) is 0 Å². The predicted octanol–water partition coefficient (Wildman–Crippen LogP) is 2.04. The molecular weight excluding hydrogens is 219 g/mol. The molecule has 1 aromatic heterocycles. The van der Waals surface area contributed by atoms with Crippen molar-refractivity contribution in [2.45, 2.75) is 32.0 Å². The van der Waals surface area contributed by atoms with Crippen LogP contribution in [0.3, 0.4) is 0 Å². The molecule has 0 bridgehead atoms. The van der Waals surface area contributed by atoms with Gasteiger partial charge in [0.1, 0.15) is 11.5 Å². The normalized spacial score (nSPS) is 13.8. The van der Waals surface area contributed by atoms with E-state index >= 15 is 0 Å². The quantitative estimate of drug-likeness (QED) is 0.864. The highest BCUT2D eigenvalue weighted by Gasteiger charge is 2.32. The van der Waals surface area contributed by atoms with E-state index in [2.05, 4.69) is 15.3 Å².